The van der Waals surface area contributed by atoms with Crippen molar-refractivity contribution in [2.75, 3.05) is 0 Å². The van der Waals surface area contributed by atoms with E-state index in [1.807, 2.05) is 0 Å². The molecule has 0 amide bonds. The van der Waals surface area contributed by atoms with E-state index in [2.05, 4.69) is 39.8 Å². The third-order valence-electron chi connectivity index (χ3n) is 2.14. The van der Waals surface area contributed by atoms with Crippen molar-refractivity contribution in [3.05, 3.63) is 23.3 Å². The van der Waals surface area contributed by atoms with Crippen LogP contribution in [-0.2, 0) is 0 Å². The predicted octanol–water partition coefficient (Wildman–Crippen LogP) is 4.48. The topological polar surface area (TPSA) is 0 Å². The normalized spacial score (nSPS) is 13.7. The van der Waals surface area contributed by atoms with Gasteiger partial charge in [-0.3, -0.25) is 0 Å². The molecule has 0 radical (unpaired) electrons. The molecule has 0 aliphatic rings. The Bertz CT molecular complexity index is 161. The van der Waals surface area contributed by atoms with Crippen LogP contribution in [0.2, 0.25) is 0 Å². The number of unbranched alkanes of at least 4 members (excludes halogenated alkanes) is 2. The number of rotatable bonds is 5. The Kier molecular flexibility index (Phi) is 6.84. The molecule has 0 rings (SSSR count). The second-order valence-corrected chi connectivity index (χ2v) is 3.32. The van der Waals surface area contributed by atoms with Gasteiger partial charge in [-0.25, -0.2) is 0 Å². The first-order valence-electron chi connectivity index (χ1n) is 5.06. The Morgan fingerprint density at radius 1 is 1.00 bits per heavy atom. The molecule has 0 aromatic carbocycles. The van der Waals surface area contributed by atoms with Gasteiger partial charge in [0.1, 0.15) is 0 Å². The molecule has 0 N–H and O–H groups in total. The van der Waals surface area contributed by atoms with Crippen LogP contribution in [0.15, 0.2) is 23.3 Å². The Morgan fingerprint density at radius 2 is 1.58 bits per heavy atom. The number of hydrogen-bond donors (Lipinski definition) is 0. The average Bonchev–Trinajstić information content (AvgIpc) is 2.05. The minimum absolute atomic E-state index is 1.14. The molecule has 0 saturated heterocycles. The quantitative estimate of drug-likeness (QED) is 0.417. The Morgan fingerprint density at radius 3 is 2.08 bits per heavy atom. The molecule has 0 atom stereocenters. The van der Waals surface area contributed by atoms with Crippen LogP contribution in [-0.4, -0.2) is 0 Å². The van der Waals surface area contributed by atoms with E-state index in [4.69, 9.17) is 0 Å². The fourth-order valence-electron chi connectivity index (χ4n) is 1.15. The van der Waals surface area contributed by atoms with Crippen LogP contribution >= 0.6 is 0 Å². The predicted molar refractivity (Wildman–Crippen MR) is 57.3 cm³/mol. The van der Waals surface area contributed by atoms with Crippen LogP contribution in [0, 0.1) is 0 Å². The van der Waals surface area contributed by atoms with Crippen LogP contribution < -0.4 is 0 Å². The maximum absolute atomic E-state index is 2.35. The molecular weight excluding hydrogens is 144 g/mol. The summed E-state index contributed by atoms with van der Waals surface area (Å²) in [5.74, 6) is 0. The van der Waals surface area contributed by atoms with Gasteiger partial charge in [-0.15, -0.1) is 0 Å². The van der Waals surface area contributed by atoms with Gasteiger partial charge in [0.2, 0.25) is 0 Å². The van der Waals surface area contributed by atoms with Gasteiger partial charge in [0.25, 0.3) is 0 Å². The first kappa shape index (κ1) is 11.5. The van der Waals surface area contributed by atoms with Crippen molar-refractivity contribution >= 4 is 0 Å². The van der Waals surface area contributed by atoms with Crippen molar-refractivity contribution in [2.24, 2.45) is 0 Å². The van der Waals surface area contributed by atoms with Gasteiger partial charge in [-0.05, 0) is 26.7 Å². The number of hydrogen-bond acceptors (Lipinski definition) is 0. The summed E-state index contributed by atoms with van der Waals surface area (Å²) in [5.41, 5.74) is 2.89. The molecule has 0 bridgehead atoms. The van der Waals surface area contributed by atoms with Crippen molar-refractivity contribution in [3.8, 4) is 0 Å². The van der Waals surface area contributed by atoms with E-state index >= 15 is 0 Å². The van der Waals surface area contributed by atoms with E-state index in [0.29, 0.717) is 0 Å². The second-order valence-electron chi connectivity index (χ2n) is 3.32. The standard InChI is InChI=1S/C12H22/c1-5-7-8-10-12(4)11(3)9-6-2/h9-10H,5-8H2,1-4H3. The minimum atomic E-state index is 1.14. The molecule has 70 valence electrons. The Hall–Kier alpha value is -0.520. The lowest BCUT2D eigenvalue weighted by molar-refractivity contribution is 0.811. The van der Waals surface area contributed by atoms with Gasteiger partial charge in [0.05, 0.1) is 0 Å². The highest BCUT2D eigenvalue weighted by molar-refractivity contribution is 5.26. The molecule has 0 heteroatoms. The summed E-state index contributed by atoms with van der Waals surface area (Å²) in [6.45, 7) is 8.82. The first-order chi connectivity index (χ1) is 5.72. The van der Waals surface area contributed by atoms with E-state index in [-0.39, 0.29) is 0 Å². The lowest BCUT2D eigenvalue weighted by Gasteiger charge is -2.00. The lowest BCUT2D eigenvalue weighted by atomic mass is 10.1. The summed E-state index contributed by atoms with van der Waals surface area (Å²) in [7, 11) is 0. The van der Waals surface area contributed by atoms with E-state index in [9.17, 15) is 0 Å². The van der Waals surface area contributed by atoms with Crippen LogP contribution in [0.1, 0.15) is 53.4 Å². The van der Waals surface area contributed by atoms with E-state index in [1.165, 1.54) is 30.4 Å². The van der Waals surface area contributed by atoms with Crippen molar-refractivity contribution < 1.29 is 0 Å². The monoisotopic (exact) mass is 166 g/mol. The van der Waals surface area contributed by atoms with E-state index in [0.717, 1.165) is 6.42 Å². The van der Waals surface area contributed by atoms with Gasteiger partial charge in [0, 0.05) is 0 Å². The smallest absolute Gasteiger partial charge is 0.0345 e. The highest BCUT2D eigenvalue weighted by Crippen LogP contribution is 2.10. The molecule has 0 nitrogen and oxygen atoms in total. The highest BCUT2D eigenvalue weighted by Gasteiger charge is 1.90. The van der Waals surface area contributed by atoms with Gasteiger partial charge in [-0.1, -0.05) is 50.0 Å². The van der Waals surface area contributed by atoms with Crippen LogP contribution in [0.25, 0.3) is 0 Å². The van der Waals surface area contributed by atoms with Gasteiger partial charge < -0.3 is 0 Å². The SMILES string of the molecule is CCC=C(C)C(C)=CCCCC. The van der Waals surface area contributed by atoms with Crippen molar-refractivity contribution in [1.82, 2.24) is 0 Å². The largest absolute Gasteiger partial charge is 0.0816 e. The van der Waals surface area contributed by atoms with E-state index in [1.54, 1.807) is 0 Å². The maximum atomic E-state index is 2.35. The summed E-state index contributed by atoms with van der Waals surface area (Å²) in [5, 5.41) is 0. The fraction of sp³-hybridized carbons (Fsp3) is 0.667. The molecule has 0 aliphatic carbocycles. The molecule has 0 saturated carbocycles. The summed E-state index contributed by atoms with van der Waals surface area (Å²) in [4.78, 5) is 0. The minimum Gasteiger partial charge on any atom is -0.0816 e. The van der Waals surface area contributed by atoms with Gasteiger partial charge in [0.15, 0.2) is 0 Å². The maximum Gasteiger partial charge on any atom is -0.0345 e. The molecule has 0 aromatic heterocycles. The van der Waals surface area contributed by atoms with Gasteiger partial charge in [-0.2, -0.15) is 0 Å². The zero-order chi connectivity index (χ0) is 9.40. The molecular formula is C12H22. The third-order valence-corrected chi connectivity index (χ3v) is 2.14. The van der Waals surface area contributed by atoms with Crippen molar-refractivity contribution in [2.45, 2.75) is 53.4 Å². The first-order valence-corrected chi connectivity index (χ1v) is 5.06. The molecule has 0 heterocycles. The third kappa shape index (κ3) is 5.17. The summed E-state index contributed by atoms with van der Waals surface area (Å²) >= 11 is 0. The zero-order valence-electron chi connectivity index (χ0n) is 8.98. The molecule has 12 heavy (non-hydrogen) atoms. The molecule has 0 spiro atoms. The molecule has 0 unspecified atom stereocenters. The average molecular weight is 166 g/mol. The van der Waals surface area contributed by atoms with Crippen LogP contribution in [0.5, 0.6) is 0 Å². The molecule has 0 fully saturated rings. The second kappa shape index (κ2) is 7.15. The van der Waals surface area contributed by atoms with Gasteiger partial charge >= 0.3 is 0 Å². The van der Waals surface area contributed by atoms with Crippen LogP contribution in [0.4, 0.5) is 0 Å². The summed E-state index contributed by atoms with van der Waals surface area (Å²) in [6, 6.07) is 0. The van der Waals surface area contributed by atoms with Crippen molar-refractivity contribution in [3.63, 3.8) is 0 Å². The Balaban J connectivity index is 3.90. The van der Waals surface area contributed by atoms with Crippen molar-refractivity contribution in [1.29, 1.82) is 0 Å². The highest BCUT2D eigenvalue weighted by atomic mass is 14.0. The summed E-state index contributed by atoms with van der Waals surface area (Å²) < 4.78 is 0. The Labute approximate surface area is 77.4 Å². The molecule has 0 aromatic rings. The number of allylic oxidation sites excluding steroid dienone is 4. The van der Waals surface area contributed by atoms with E-state index < -0.39 is 0 Å². The zero-order valence-corrected chi connectivity index (χ0v) is 8.98. The lowest BCUT2D eigenvalue weighted by Crippen LogP contribution is -1.79. The fourth-order valence-corrected chi connectivity index (χ4v) is 1.15. The van der Waals surface area contributed by atoms with Crippen LogP contribution in [0.3, 0.4) is 0 Å². The molecule has 0 aliphatic heterocycles. The summed E-state index contributed by atoms with van der Waals surface area (Å²) in [6.07, 6.45) is 9.63.